The van der Waals surface area contributed by atoms with Crippen LogP contribution in [0, 0.1) is 5.82 Å². The van der Waals surface area contributed by atoms with Crippen LogP contribution in [0.2, 0.25) is 0 Å². The highest BCUT2D eigenvalue weighted by molar-refractivity contribution is 5.97. The van der Waals surface area contributed by atoms with Gasteiger partial charge in [-0.15, -0.1) is 0 Å². The van der Waals surface area contributed by atoms with E-state index in [1.54, 1.807) is 12.1 Å². The Morgan fingerprint density at radius 3 is 2.88 bits per heavy atom. The number of aliphatic hydroxyl groups excluding tert-OH is 1. The summed E-state index contributed by atoms with van der Waals surface area (Å²) >= 11 is 0. The number of nitrogens with two attached hydrogens (primary N) is 1. The first-order valence-electron chi connectivity index (χ1n) is 5.27. The summed E-state index contributed by atoms with van der Waals surface area (Å²) in [4.78, 5) is 0. The van der Waals surface area contributed by atoms with Crippen molar-refractivity contribution in [1.29, 1.82) is 0 Å². The summed E-state index contributed by atoms with van der Waals surface area (Å²) < 4.78 is 13.9. The summed E-state index contributed by atoms with van der Waals surface area (Å²) in [5.41, 5.74) is 5.86. The molecule has 0 unspecified atom stereocenters. The van der Waals surface area contributed by atoms with Crippen LogP contribution in [0.25, 0.3) is 0 Å². The van der Waals surface area contributed by atoms with E-state index in [1.165, 1.54) is 6.07 Å². The van der Waals surface area contributed by atoms with Crippen molar-refractivity contribution in [3.8, 4) is 0 Å². The van der Waals surface area contributed by atoms with E-state index < -0.39 is 5.82 Å². The second kappa shape index (κ2) is 6.82. The molecule has 0 fully saturated rings. The Bertz CT molecular complexity index is 396. The molecule has 1 rings (SSSR count). The van der Waals surface area contributed by atoms with E-state index in [9.17, 15) is 4.39 Å². The zero-order valence-corrected chi connectivity index (χ0v) is 9.36. The fraction of sp³-hybridized carbons (Fsp3) is 0.364. The molecule has 5 N–H and O–H groups in total. The summed E-state index contributed by atoms with van der Waals surface area (Å²) in [6.07, 6.45) is 0.613. The molecule has 0 aliphatic carbocycles. The molecule has 0 bridgehead atoms. The van der Waals surface area contributed by atoms with Crippen molar-refractivity contribution in [2.24, 2.45) is 10.9 Å². The molecule has 5 nitrogen and oxygen atoms in total. The minimum Gasteiger partial charge on any atom is -0.409 e. The fourth-order valence-electron chi connectivity index (χ4n) is 1.40. The van der Waals surface area contributed by atoms with Gasteiger partial charge in [0.25, 0.3) is 0 Å². The van der Waals surface area contributed by atoms with Gasteiger partial charge >= 0.3 is 0 Å². The molecule has 1 aromatic carbocycles. The molecule has 0 saturated carbocycles. The van der Waals surface area contributed by atoms with Crippen LogP contribution in [0.1, 0.15) is 17.5 Å². The summed E-state index contributed by atoms with van der Waals surface area (Å²) in [5.74, 6) is -0.751. The number of hydrogen-bond acceptors (Lipinski definition) is 4. The predicted molar refractivity (Wildman–Crippen MR) is 62.3 cm³/mol. The molecule has 0 amide bonds. The summed E-state index contributed by atoms with van der Waals surface area (Å²) in [5, 5.41) is 22.9. The molecule has 0 aliphatic rings. The molecule has 0 radical (unpaired) electrons. The van der Waals surface area contributed by atoms with Crippen molar-refractivity contribution in [2.75, 3.05) is 13.2 Å². The van der Waals surface area contributed by atoms with Gasteiger partial charge in [-0.05, 0) is 19.0 Å². The van der Waals surface area contributed by atoms with Crippen molar-refractivity contribution < 1.29 is 14.7 Å². The maximum atomic E-state index is 13.9. The van der Waals surface area contributed by atoms with Gasteiger partial charge in [-0.25, -0.2) is 4.39 Å². The van der Waals surface area contributed by atoms with Crippen LogP contribution in [0.3, 0.4) is 0 Å². The summed E-state index contributed by atoms with van der Waals surface area (Å²) in [6.45, 7) is 1.03. The predicted octanol–water partition coefficient (Wildman–Crippen LogP) is 0.392. The van der Waals surface area contributed by atoms with Crippen LogP contribution in [-0.4, -0.2) is 29.3 Å². The van der Waals surface area contributed by atoms with Crippen LogP contribution in [0.15, 0.2) is 23.4 Å². The van der Waals surface area contributed by atoms with Crippen molar-refractivity contribution in [3.63, 3.8) is 0 Å². The van der Waals surface area contributed by atoms with Crippen molar-refractivity contribution in [3.05, 3.63) is 35.1 Å². The van der Waals surface area contributed by atoms with Crippen LogP contribution < -0.4 is 11.1 Å². The van der Waals surface area contributed by atoms with Gasteiger partial charge in [-0.3, -0.25) is 0 Å². The first kappa shape index (κ1) is 13.4. The zero-order chi connectivity index (χ0) is 12.7. The Balaban J connectivity index is 2.73. The van der Waals surface area contributed by atoms with Gasteiger partial charge in [0.1, 0.15) is 5.82 Å². The number of nitrogens with one attached hydrogen (secondary N) is 1. The standard InChI is InChI=1S/C11H16FN3O2/c12-10-8(7-14-5-2-6-16)3-1-4-9(10)11(13)15-17/h1,3-4,14,16-17H,2,5-7H2,(H2,13,15). The normalized spacial score (nSPS) is 11.8. The van der Waals surface area contributed by atoms with E-state index in [-0.39, 0.29) is 18.0 Å². The third-order valence-corrected chi connectivity index (χ3v) is 2.29. The molecule has 0 spiro atoms. The van der Waals surface area contributed by atoms with E-state index in [4.69, 9.17) is 16.0 Å². The molecule has 6 heteroatoms. The molecular weight excluding hydrogens is 225 g/mol. The monoisotopic (exact) mass is 241 g/mol. The Kier molecular flexibility index (Phi) is 5.38. The van der Waals surface area contributed by atoms with Crippen LogP contribution in [0.4, 0.5) is 4.39 Å². The van der Waals surface area contributed by atoms with E-state index in [0.717, 1.165) is 0 Å². The minimum absolute atomic E-state index is 0.0777. The first-order valence-corrected chi connectivity index (χ1v) is 5.27. The molecule has 1 aromatic rings. The lowest BCUT2D eigenvalue weighted by molar-refractivity contribution is 0.286. The van der Waals surface area contributed by atoms with Gasteiger partial charge in [-0.2, -0.15) is 0 Å². The number of amidine groups is 1. The number of oxime groups is 1. The number of rotatable bonds is 6. The second-order valence-corrected chi connectivity index (χ2v) is 3.52. The molecule has 0 saturated heterocycles. The van der Waals surface area contributed by atoms with Gasteiger partial charge in [0.05, 0.1) is 5.56 Å². The maximum absolute atomic E-state index is 13.9. The quantitative estimate of drug-likeness (QED) is 0.191. The number of hydrogen-bond donors (Lipinski definition) is 4. The highest BCUT2D eigenvalue weighted by atomic mass is 19.1. The molecule has 0 aliphatic heterocycles. The summed E-state index contributed by atoms with van der Waals surface area (Å²) in [6, 6.07) is 4.70. The van der Waals surface area contributed by atoms with E-state index >= 15 is 0 Å². The second-order valence-electron chi connectivity index (χ2n) is 3.52. The number of benzene rings is 1. The summed E-state index contributed by atoms with van der Waals surface area (Å²) in [7, 11) is 0. The largest absolute Gasteiger partial charge is 0.409 e. The maximum Gasteiger partial charge on any atom is 0.173 e. The molecule has 0 heterocycles. The Morgan fingerprint density at radius 1 is 1.47 bits per heavy atom. The highest BCUT2D eigenvalue weighted by Gasteiger charge is 2.10. The van der Waals surface area contributed by atoms with Gasteiger partial charge in [0.15, 0.2) is 5.84 Å². The van der Waals surface area contributed by atoms with Crippen molar-refractivity contribution in [1.82, 2.24) is 5.32 Å². The van der Waals surface area contributed by atoms with Gasteiger partial charge < -0.3 is 21.4 Å². The van der Waals surface area contributed by atoms with E-state index in [2.05, 4.69) is 10.5 Å². The Labute approximate surface area is 98.7 Å². The van der Waals surface area contributed by atoms with Gasteiger partial charge in [-0.1, -0.05) is 17.3 Å². The average Bonchev–Trinajstić information content (AvgIpc) is 2.35. The SMILES string of the molecule is N/C(=N/O)c1cccc(CNCCCO)c1F. The molecule has 17 heavy (non-hydrogen) atoms. The number of aliphatic hydroxyl groups is 1. The van der Waals surface area contributed by atoms with Crippen LogP contribution in [0.5, 0.6) is 0 Å². The molecule has 94 valence electrons. The average molecular weight is 241 g/mol. The topological polar surface area (TPSA) is 90.9 Å². The smallest absolute Gasteiger partial charge is 0.173 e. The number of halogens is 1. The van der Waals surface area contributed by atoms with Gasteiger partial charge in [0, 0.05) is 18.7 Å². The van der Waals surface area contributed by atoms with Crippen molar-refractivity contribution in [2.45, 2.75) is 13.0 Å². The third kappa shape index (κ3) is 3.69. The Morgan fingerprint density at radius 2 is 2.24 bits per heavy atom. The first-order chi connectivity index (χ1) is 8.20. The lowest BCUT2D eigenvalue weighted by Crippen LogP contribution is -2.19. The fourth-order valence-corrected chi connectivity index (χ4v) is 1.40. The third-order valence-electron chi connectivity index (χ3n) is 2.29. The number of nitrogens with zero attached hydrogens (tertiary/aromatic N) is 1. The molecular formula is C11H16FN3O2. The lowest BCUT2D eigenvalue weighted by atomic mass is 10.1. The minimum atomic E-state index is -0.501. The highest BCUT2D eigenvalue weighted by Crippen LogP contribution is 2.12. The zero-order valence-electron chi connectivity index (χ0n) is 9.36. The van der Waals surface area contributed by atoms with Crippen molar-refractivity contribution >= 4 is 5.84 Å². The molecule has 0 aromatic heterocycles. The van der Waals surface area contributed by atoms with Crippen LogP contribution >= 0.6 is 0 Å². The van der Waals surface area contributed by atoms with E-state index in [1.807, 2.05) is 0 Å². The van der Waals surface area contributed by atoms with E-state index in [0.29, 0.717) is 25.1 Å². The Hall–Kier alpha value is -1.66. The molecule has 0 atom stereocenters. The lowest BCUT2D eigenvalue weighted by Gasteiger charge is -2.08. The van der Waals surface area contributed by atoms with Crippen LogP contribution in [-0.2, 0) is 6.54 Å². The van der Waals surface area contributed by atoms with Gasteiger partial charge in [0.2, 0.25) is 0 Å².